The second-order valence-corrected chi connectivity index (χ2v) is 11.0. The van der Waals surface area contributed by atoms with Gasteiger partial charge in [0.1, 0.15) is 12.4 Å². The molecule has 1 aromatic carbocycles. The zero-order valence-corrected chi connectivity index (χ0v) is 20.0. The van der Waals surface area contributed by atoms with E-state index in [0.717, 1.165) is 24.4 Å². The molecule has 2 aromatic rings. The molecule has 0 fully saturated rings. The average molecular weight is 466 g/mol. The molecule has 0 spiro atoms. The molecule has 0 radical (unpaired) electrons. The maximum absolute atomic E-state index is 12.7. The highest BCUT2D eigenvalue weighted by molar-refractivity contribution is 7.93. The maximum Gasteiger partial charge on any atom is 0.264 e. The van der Waals surface area contributed by atoms with Crippen molar-refractivity contribution in [1.29, 1.82) is 5.26 Å². The van der Waals surface area contributed by atoms with Crippen LogP contribution in [-0.4, -0.2) is 36.9 Å². The summed E-state index contributed by atoms with van der Waals surface area (Å²) in [6.45, 7) is 9.18. The van der Waals surface area contributed by atoms with Gasteiger partial charge in [0.2, 0.25) is 5.13 Å². The molecule has 9 nitrogen and oxygen atoms in total. The van der Waals surface area contributed by atoms with Crippen LogP contribution in [0.4, 0.5) is 10.8 Å². The van der Waals surface area contributed by atoms with Gasteiger partial charge in [0, 0.05) is 24.1 Å². The van der Waals surface area contributed by atoms with Crippen molar-refractivity contribution in [2.45, 2.75) is 51.5 Å². The minimum atomic E-state index is -3.89. The van der Waals surface area contributed by atoms with Crippen molar-refractivity contribution in [3.63, 3.8) is 0 Å². The van der Waals surface area contributed by atoms with Crippen LogP contribution in [0.1, 0.15) is 44.7 Å². The number of benzene rings is 1. The fourth-order valence-corrected chi connectivity index (χ4v) is 5.41. The Balaban J connectivity index is 2.24. The predicted octanol–water partition coefficient (Wildman–Crippen LogP) is 2.66. The standard InChI is InChI=1S/C20H31N7O2S2/c1-13-7-17(24-11-16(14(2)23)9-20(3,4)5-6-21)15(10-22)8-18(13)31(28,29)27-19-25-12-26-30-19/h7-8,12,14,16,24H,5-6,9,11,21,23H2,1-4H3,(H,25,26,27). The summed E-state index contributed by atoms with van der Waals surface area (Å²) in [5.41, 5.74) is 13.3. The largest absolute Gasteiger partial charge is 0.384 e. The summed E-state index contributed by atoms with van der Waals surface area (Å²) in [5, 5.41) is 13.1. The molecule has 1 heterocycles. The first-order valence-electron chi connectivity index (χ1n) is 10.0. The molecule has 31 heavy (non-hydrogen) atoms. The minimum Gasteiger partial charge on any atom is -0.384 e. The van der Waals surface area contributed by atoms with Gasteiger partial charge in [0.25, 0.3) is 10.0 Å². The lowest BCUT2D eigenvalue weighted by Crippen LogP contribution is -2.36. The molecule has 0 aliphatic heterocycles. The van der Waals surface area contributed by atoms with Gasteiger partial charge in [0.15, 0.2) is 0 Å². The molecule has 0 saturated carbocycles. The highest BCUT2D eigenvalue weighted by Crippen LogP contribution is 2.31. The quantitative estimate of drug-likeness (QED) is 0.394. The van der Waals surface area contributed by atoms with Crippen LogP contribution in [0, 0.1) is 29.6 Å². The number of hydrogen-bond donors (Lipinski definition) is 4. The number of nitrogens with one attached hydrogen (secondary N) is 2. The van der Waals surface area contributed by atoms with Gasteiger partial charge in [-0.1, -0.05) is 13.8 Å². The number of nitriles is 1. The van der Waals surface area contributed by atoms with Crippen LogP contribution < -0.4 is 21.5 Å². The molecule has 11 heteroatoms. The van der Waals surface area contributed by atoms with Gasteiger partial charge in [0.05, 0.1) is 16.1 Å². The molecule has 170 valence electrons. The van der Waals surface area contributed by atoms with Crippen molar-refractivity contribution in [3.05, 3.63) is 29.6 Å². The Kier molecular flexibility index (Phi) is 8.36. The van der Waals surface area contributed by atoms with E-state index in [1.807, 2.05) is 6.92 Å². The molecule has 1 aromatic heterocycles. The summed E-state index contributed by atoms with van der Waals surface area (Å²) in [7, 11) is -3.89. The third-order valence-corrected chi connectivity index (χ3v) is 7.43. The van der Waals surface area contributed by atoms with Crippen LogP contribution in [0.3, 0.4) is 0 Å². The van der Waals surface area contributed by atoms with E-state index >= 15 is 0 Å². The third-order valence-electron chi connectivity index (χ3n) is 5.24. The lowest BCUT2D eigenvalue weighted by Gasteiger charge is -2.32. The van der Waals surface area contributed by atoms with Crippen LogP contribution in [0.25, 0.3) is 0 Å². The number of nitrogens with two attached hydrogens (primary N) is 2. The average Bonchev–Trinajstić information content (AvgIpc) is 3.16. The Labute approximate surface area is 188 Å². The lowest BCUT2D eigenvalue weighted by molar-refractivity contribution is 0.239. The van der Waals surface area contributed by atoms with Gasteiger partial charge >= 0.3 is 0 Å². The molecule has 0 bridgehead atoms. The summed E-state index contributed by atoms with van der Waals surface area (Å²) in [6, 6.07) is 5.09. The van der Waals surface area contributed by atoms with Crippen molar-refractivity contribution < 1.29 is 8.42 Å². The first-order valence-corrected chi connectivity index (χ1v) is 12.3. The molecule has 2 unspecified atom stereocenters. The summed E-state index contributed by atoms with van der Waals surface area (Å²) < 4.78 is 31.7. The van der Waals surface area contributed by atoms with E-state index in [9.17, 15) is 13.7 Å². The number of aromatic nitrogens is 2. The van der Waals surface area contributed by atoms with E-state index in [-0.39, 0.29) is 33.0 Å². The molecule has 2 atom stereocenters. The van der Waals surface area contributed by atoms with Crippen LogP contribution in [-0.2, 0) is 10.0 Å². The van der Waals surface area contributed by atoms with Crippen molar-refractivity contribution in [2.75, 3.05) is 23.1 Å². The molecule has 0 saturated heterocycles. The predicted molar refractivity (Wildman–Crippen MR) is 124 cm³/mol. The zero-order chi connectivity index (χ0) is 23.2. The van der Waals surface area contributed by atoms with Gasteiger partial charge in [-0.05, 0) is 62.3 Å². The highest BCUT2D eigenvalue weighted by Gasteiger charge is 2.26. The Hall–Kier alpha value is -2.26. The van der Waals surface area contributed by atoms with Crippen LogP contribution in [0.2, 0.25) is 0 Å². The number of hydrogen-bond acceptors (Lipinski definition) is 9. The molecular formula is C20H31N7O2S2. The second-order valence-electron chi connectivity index (χ2n) is 8.53. The fourth-order valence-electron chi connectivity index (χ4n) is 3.49. The van der Waals surface area contributed by atoms with Gasteiger partial charge in [-0.25, -0.2) is 13.4 Å². The summed E-state index contributed by atoms with van der Waals surface area (Å²) in [6.07, 6.45) is 3.05. The number of nitrogens with zero attached hydrogens (tertiary/aromatic N) is 3. The highest BCUT2D eigenvalue weighted by atomic mass is 32.2. The Morgan fingerprint density at radius 1 is 1.35 bits per heavy atom. The van der Waals surface area contributed by atoms with Gasteiger partial charge in [-0.15, -0.1) is 0 Å². The Morgan fingerprint density at radius 3 is 2.61 bits per heavy atom. The third kappa shape index (κ3) is 6.87. The van der Waals surface area contributed by atoms with Gasteiger partial charge < -0.3 is 16.8 Å². The molecule has 0 amide bonds. The SMILES string of the molecule is Cc1cc(NCC(CC(C)(C)CCN)C(C)N)c(C#N)cc1S(=O)(=O)Nc1ncns1. The molecule has 6 N–H and O–H groups in total. The summed E-state index contributed by atoms with van der Waals surface area (Å²) in [4.78, 5) is 3.87. The van der Waals surface area contributed by atoms with E-state index in [0.29, 0.717) is 24.3 Å². The molecule has 0 aliphatic rings. The van der Waals surface area contributed by atoms with Gasteiger partial charge in [-0.2, -0.15) is 9.64 Å². The number of aryl methyl sites for hydroxylation is 1. The number of anilines is 2. The lowest BCUT2D eigenvalue weighted by atomic mass is 9.78. The Morgan fingerprint density at radius 2 is 2.06 bits per heavy atom. The second kappa shape index (κ2) is 10.4. The summed E-state index contributed by atoms with van der Waals surface area (Å²) >= 11 is 0.937. The maximum atomic E-state index is 12.7. The van der Waals surface area contributed by atoms with E-state index in [1.165, 1.54) is 12.4 Å². The topological polar surface area (TPSA) is 160 Å². The minimum absolute atomic E-state index is 0.0256. The van der Waals surface area contributed by atoms with Crippen molar-refractivity contribution in [2.24, 2.45) is 22.8 Å². The normalized spacial score (nSPS) is 14.0. The first-order chi connectivity index (χ1) is 14.5. The fraction of sp³-hybridized carbons (Fsp3) is 0.550. The van der Waals surface area contributed by atoms with Crippen LogP contribution in [0.5, 0.6) is 0 Å². The molecular weight excluding hydrogens is 434 g/mol. The number of sulfonamides is 1. The summed E-state index contributed by atoms with van der Waals surface area (Å²) in [5.74, 6) is 0.163. The van der Waals surface area contributed by atoms with Crippen molar-refractivity contribution in [1.82, 2.24) is 9.36 Å². The smallest absolute Gasteiger partial charge is 0.264 e. The van der Waals surface area contributed by atoms with Crippen molar-refractivity contribution in [3.8, 4) is 6.07 Å². The van der Waals surface area contributed by atoms with E-state index in [1.54, 1.807) is 13.0 Å². The van der Waals surface area contributed by atoms with Crippen LogP contribution >= 0.6 is 11.5 Å². The zero-order valence-electron chi connectivity index (χ0n) is 18.3. The van der Waals surface area contributed by atoms with Crippen LogP contribution in [0.15, 0.2) is 23.4 Å². The van der Waals surface area contributed by atoms with Gasteiger partial charge in [-0.3, -0.25) is 4.72 Å². The van der Waals surface area contributed by atoms with E-state index in [2.05, 4.69) is 39.3 Å². The van der Waals surface area contributed by atoms with Crippen molar-refractivity contribution >= 4 is 32.4 Å². The Bertz CT molecular complexity index is 1010. The first kappa shape index (κ1) is 25.0. The molecule has 0 aliphatic carbocycles. The monoisotopic (exact) mass is 465 g/mol. The van der Waals surface area contributed by atoms with E-state index < -0.39 is 10.0 Å². The molecule has 2 rings (SSSR count). The number of rotatable bonds is 11. The van der Waals surface area contributed by atoms with E-state index in [4.69, 9.17) is 11.5 Å².